The predicted molar refractivity (Wildman–Crippen MR) is 84.7 cm³/mol. The highest BCUT2D eigenvalue weighted by Crippen LogP contribution is 2.32. The SMILES string of the molecule is CCC1CCCN1c1ccc(Br)cc1CNC1CC1. The largest absolute Gasteiger partial charge is 0.368 e. The van der Waals surface area contributed by atoms with Gasteiger partial charge in [0.1, 0.15) is 0 Å². The van der Waals surface area contributed by atoms with Crippen LogP contribution in [0.2, 0.25) is 0 Å². The van der Waals surface area contributed by atoms with Gasteiger partial charge in [0, 0.05) is 35.3 Å². The van der Waals surface area contributed by atoms with Crippen molar-refractivity contribution < 1.29 is 0 Å². The molecule has 2 aliphatic rings. The quantitative estimate of drug-likeness (QED) is 0.878. The Balaban J connectivity index is 1.81. The van der Waals surface area contributed by atoms with E-state index in [-0.39, 0.29) is 0 Å². The monoisotopic (exact) mass is 322 g/mol. The molecule has 1 aromatic rings. The van der Waals surface area contributed by atoms with Gasteiger partial charge in [-0.05, 0) is 55.9 Å². The van der Waals surface area contributed by atoms with Crippen LogP contribution in [0.25, 0.3) is 0 Å². The summed E-state index contributed by atoms with van der Waals surface area (Å²) >= 11 is 3.61. The Bertz CT molecular complexity index is 442. The first-order chi connectivity index (χ1) is 9.28. The lowest BCUT2D eigenvalue weighted by Crippen LogP contribution is -2.30. The number of rotatable bonds is 5. The molecule has 1 N–H and O–H groups in total. The van der Waals surface area contributed by atoms with Crippen LogP contribution in [0.3, 0.4) is 0 Å². The standard InChI is InChI=1S/C16H23BrN2/c1-2-15-4-3-9-19(15)16-8-5-13(17)10-12(16)11-18-14-6-7-14/h5,8,10,14-15,18H,2-4,6-7,9,11H2,1H3. The summed E-state index contributed by atoms with van der Waals surface area (Å²) in [5.41, 5.74) is 2.89. The Morgan fingerprint density at radius 1 is 1.32 bits per heavy atom. The molecule has 2 nitrogen and oxygen atoms in total. The first kappa shape index (κ1) is 13.4. The Kier molecular flexibility index (Phi) is 4.13. The molecule has 1 aliphatic carbocycles. The van der Waals surface area contributed by atoms with E-state index in [9.17, 15) is 0 Å². The Labute approximate surface area is 124 Å². The van der Waals surface area contributed by atoms with Crippen molar-refractivity contribution in [2.75, 3.05) is 11.4 Å². The fraction of sp³-hybridized carbons (Fsp3) is 0.625. The Morgan fingerprint density at radius 3 is 2.89 bits per heavy atom. The van der Waals surface area contributed by atoms with Gasteiger partial charge in [-0.15, -0.1) is 0 Å². The minimum absolute atomic E-state index is 0.737. The third-order valence-electron chi connectivity index (χ3n) is 4.36. The van der Waals surface area contributed by atoms with Gasteiger partial charge in [0.05, 0.1) is 0 Å². The second-order valence-corrected chi connectivity index (χ2v) is 6.74. The molecule has 0 amide bonds. The minimum atomic E-state index is 0.737. The van der Waals surface area contributed by atoms with Crippen LogP contribution in [0.5, 0.6) is 0 Å². The molecule has 3 rings (SSSR count). The highest BCUT2D eigenvalue weighted by molar-refractivity contribution is 9.10. The van der Waals surface area contributed by atoms with E-state index >= 15 is 0 Å². The van der Waals surface area contributed by atoms with E-state index in [0.29, 0.717) is 0 Å². The molecule has 1 aliphatic heterocycles. The summed E-state index contributed by atoms with van der Waals surface area (Å²) in [6.45, 7) is 4.53. The van der Waals surface area contributed by atoms with Crippen molar-refractivity contribution in [2.45, 2.75) is 57.7 Å². The second-order valence-electron chi connectivity index (χ2n) is 5.83. The lowest BCUT2D eigenvalue weighted by molar-refractivity contribution is 0.637. The molecular formula is C16H23BrN2. The Hall–Kier alpha value is -0.540. The molecule has 104 valence electrons. The molecule has 0 aromatic heterocycles. The smallest absolute Gasteiger partial charge is 0.0415 e. The molecule has 0 spiro atoms. The molecule has 0 radical (unpaired) electrons. The summed E-state index contributed by atoms with van der Waals surface area (Å²) in [6, 6.07) is 8.27. The van der Waals surface area contributed by atoms with Crippen LogP contribution in [-0.2, 0) is 6.54 Å². The average Bonchev–Trinajstić information content (AvgIpc) is 3.13. The molecule has 1 saturated heterocycles. The molecule has 1 aromatic carbocycles. The fourth-order valence-corrected chi connectivity index (χ4v) is 3.50. The normalized spacial score (nSPS) is 23.1. The van der Waals surface area contributed by atoms with Crippen molar-refractivity contribution in [3.05, 3.63) is 28.2 Å². The van der Waals surface area contributed by atoms with Crippen LogP contribution in [0, 0.1) is 0 Å². The fourth-order valence-electron chi connectivity index (χ4n) is 3.09. The van der Waals surface area contributed by atoms with E-state index in [2.05, 4.69) is 51.3 Å². The zero-order chi connectivity index (χ0) is 13.2. The van der Waals surface area contributed by atoms with Gasteiger partial charge in [-0.25, -0.2) is 0 Å². The summed E-state index contributed by atoms with van der Waals surface area (Å²) in [5, 5.41) is 3.65. The number of nitrogens with one attached hydrogen (secondary N) is 1. The van der Waals surface area contributed by atoms with E-state index in [0.717, 1.165) is 18.6 Å². The molecule has 0 bridgehead atoms. The number of nitrogens with zero attached hydrogens (tertiary/aromatic N) is 1. The van der Waals surface area contributed by atoms with Crippen LogP contribution < -0.4 is 10.2 Å². The zero-order valence-electron chi connectivity index (χ0n) is 11.7. The lowest BCUT2D eigenvalue weighted by atomic mass is 10.1. The number of hydrogen-bond acceptors (Lipinski definition) is 2. The molecule has 3 heteroatoms. The molecule has 1 saturated carbocycles. The average molecular weight is 323 g/mol. The van der Waals surface area contributed by atoms with E-state index in [1.165, 1.54) is 54.4 Å². The maximum absolute atomic E-state index is 3.65. The van der Waals surface area contributed by atoms with Gasteiger partial charge < -0.3 is 10.2 Å². The summed E-state index contributed by atoms with van der Waals surface area (Å²) in [7, 11) is 0. The van der Waals surface area contributed by atoms with Gasteiger partial charge in [0.2, 0.25) is 0 Å². The second kappa shape index (κ2) is 5.84. The van der Waals surface area contributed by atoms with E-state index in [1.807, 2.05) is 0 Å². The molecule has 1 unspecified atom stereocenters. The van der Waals surface area contributed by atoms with Crippen LogP contribution in [0.15, 0.2) is 22.7 Å². The van der Waals surface area contributed by atoms with Crippen molar-refractivity contribution in [2.24, 2.45) is 0 Å². The lowest BCUT2D eigenvalue weighted by Gasteiger charge is -2.28. The van der Waals surface area contributed by atoms with Crippen molar-refractivity contribution in [1.82, 2.24) is 5.32 Å². The number of hydrogen-bond donors (Lipinski definition) is 1. The molecule has 1 heterocycles. The van der Waals surface area contributed by atoms with E-state index < -0.39 is 0 Å². The van der Waals surface area contributed by atoms with Crippen LogP contribution in [0.1, 0.15) is 44.6 Å². The number of halogens is 1. The van der Waals surface area contributed by atoms with Crippen LogP contribution in [0.4, 0.5) is 5.69 Å². The summed E-state index contributed by atoms with van der Waals surface area (Å²) < 4.78 is 1.19. The molecular weight excluding hydrogens is 300 g/mol. The first-order valence-electron chi connectivity index (χ1n) is 7.56. The highest BCUT2D eigenvalue weighted by Gasteiger charge is 2.26. The summed E-state index contributed by atoms with van der Waals surface area (Å²) in [5.74, 6) is 0. The van der Waals surface area contributed by atoms with Crippen LogP contribution >= 0.6 is 15.9 Å². The summed E-state index contributed by atoms with van der Waals surface area (Å²) in [4.78, 5) is 2.62. The maximum Gasteiger partial charge on any atom is 0.0415 e. The predicted octanol–water partition coefficient (Wildman–Crippen LogP) is 4.08. The maximum atomic E-state index is 3.65. The molecule has 2 fully saturated rings. The topological polar surface area (TPSA) is 15.3 Å². The van der Waals surface area contributed by atoms with E-state index in [4.69, 9.17) is 0 Å². The van der Waals surface area contributed by atoms with Crippen LogP contribution in [-0.4, -0.2) is 18.6 Å². The number of anilines is 1. The summed E-state index contributed by atoms with van der Waals surface area (Å²) in [6.07, 6.45) is 6.65. The number of benzene rings is 1. The third-order valence-corrected chi connectivity index (χ3v) is 4.85. The van der Waals surface area contributed by atoms with Crippen molar-refractivity contribution >= 4 is 21.6 Å². The Morgan fingerprint density at radius 2 is 2.16 bits per heavy atom. The molecule has 19 heavy (non-hydrogen) atoms. The van der Waals surface area contributed by atoms with E-state index in [1.54, 1.807) is 0 Å². The van der Waals surface area contributed by atoms with Gasteiger partial charge in [0.15, 0.2) is 0 Å². The van der Waals surface area contributed by atoms with Crippen molar-refractivity contribution in [3.8, 4) is 0 Å². The first-order valence-corrected chi connectivity index (χ1v) is 8.35. The van der Waals surface area contributed by atoms with Gasteiger partial charge in [-0.1, -0.05) is 22.9 Å². The van der Waals surface area contributed by atoms with Gasteiger partial charge in [-0.3, -0.25) is 0 Å². The van der Waals surface area contributed by atoms with Crippen molar-refractivity contribution in [3.63, 3.8) is 0 Å². The van der Waals surface area contributed by atoms with Gasteiger partial charge in [0.25, 0.3) is 0 Å². The van der Waals surface area contributed by atoms with Crippen molar-refractivity contribution in [1.29, 1.82) is 0 Å². The minimum Gasteiger partial charge on any atom is -0.368 e. The zero-order valence-corrected chi connectivity index (χ0v) is 13.2. The molecule has 1 atom stereocenters. The highest BCUT2D eigenvalue weighted by atomic mass is 79.9. The third kappa shape index (κ3) is 3.14. The van der Waals surface area contributed by atoms with Gasteiger partial charge >= 0.3 is 0 Å². The van der Waals surface area contributed by atoms with Gasteiger partial charge in [-0.2, -0.15) is 0 Å².